The summed E-state index contributed by atoms with van der Waals surface area (Å²) < 4.78 is 37.8. The topological polar surface area (TPSA) is 90.0 Å². The van der Waals surface area contributed by atoms with Crippen LogP contribution in [-0.2, 0) is 14.8 Å². The molecule has 0 aliphatic carbocycles. The first-order valence-electron chi connectivity index (χ1n) is 9.43. The first kappa shape index (κ1) is 22.3. The minimum atomic E-state index is -3.81. The van der Waals surface area contributed by atoms with Gasteiger partial charge in [-0.1, -0.05) is 23.7 Å². The highest BCUT2D eigenvalue weighted by Crippen LogP contribution is 2.30. The zero-order valence-corrected chi connectivity index (χ0v) is 18.2. The van der Waals surface area contributed by atoms with Crippen molar-refractivity contribution >= 4 is 33.4 Å². The molecule has 30 heavy (non-hydrogen) atoms. The Morgan fingerprint density at radius 3 is 2.40 bits per heavy atom. The summed E-state index contributed by atoms with van der Waals surface area (Å²) in [6.07, 6.45) is 0.496. The van der Waals surface area contributed by atoms with Crippen LogP contribution in [0.5, 0.6) is 5.75 Å². The second-order valence-electron chi connectivity index (χ2n) is 6.90. The van der Waals surface area contributed by atoms with Crippen LogP contribution in [-0.4, -0.2) is 50.8 Å². The number of ketones is 1. The van der Waals surface area contributed by atoms with Crippen LogP contribution >= 0.6 is 11.6 Å². The molecule has 0 bridgehead atoms. The largest absolute Gasteiger partial charge is 0.495 e. The number of ether oxygens (including phenoxy) is 2. The number of methoxy groups -OCH3 is 1. The average molecular weight is 452 g/mol. The summed E-state index contributed by atoms with van der Waals surface area (Å²) in [4.78, 5) is 25.0. The Hall–Kier alpha value is -2.42. The molecule has 160 valence electrons. The Labute approximate surface area is 180 Å². The van der Waals surface area contributed by atoms with Gasteiger partial charge in [0.05, 0.1) is 12.7 Å². The number of rotatable bonds is 7. The first-order chi connectivity index (χ1) is 14.2. The van der Waals surface area contributed by atoms with E-state index in [-0.39, 0.29) is 16.2 Å². The van der Waals surface area contributed by atoms with Crippen LogP contribution in [0.4, 0.5) is 0 Å². The maximum Gasteiger partial charge on any atom is 0.338 e. The molecule has 1 atom stereocenters. The molecular formula is C21H22ClNO6S. The molecule has 0 aromatic heterocycles. The predicted octanol–water partition coefficient (Wildman–Crippen LogP) is 3.56. The van der Waals surface area contributed by atoms with Crippen LogP contribution in [0.2, 0.25) is 5.02 Å². The summed E-state index contributed by atoms with van der Waals surface area (Å²) in [7, 11) is -2.45. The number of hydrogen-bond acceptors (Lipinski definition) is 6. The number of sulfonamides is 1. The van der Waals surface area contributed by atoms with E-state index in [1.165, 1.54) is 42.6 Å². The van der Waals surface area contributed by atoms with Crippen molar-refractivity contribution in [2.24, 2.45) is 0 Å². The van der Waals surface area contributed by atoms with Crippen LogP contribution in [0.25, 0.3) is 0 Å². The van der Waals surface area contributed by atoms with Gasteiger partial charge in [0, 0.05) is 23.7 Å². The Bertz CT molecular complexity index is 1060. The van der Waals surface area contributed by atoms with Gasteiger partial charge in [-0.25, -0.2) is 13.2 Å². The van der Waals surface area contributed by atoms with Crippen molar-refractivity contribution in [1.82, 2.24) is 4.31 Å². The van der Waals surface area contributed by atoms with Crippen molar-refractivity contribution in [3.8, 4) is 5.75 Å². The summed E-state index contributed by atoms with van der Waals surface area (Å²) in [6.45, 7) is 2.29. The van der Waals surface area contributed by atoms with Crippen molar-refractivity contribution < 1.29 is 27.5 Å². The van der Waals surface area contributed by atoms with Crippen molar-refractivity contribution in [2.45, 2.75) is 30.8 Å². The molecule has 0 N–H and O–H groups in total. The highest BCUT2D eigenvalue weighted by atomic mass is 35.5. The van der Waals surface area contributed by atoms with Gasteiger partial charge in [-0.15, -0.1) is 0 Å². The van der Waals surface area contributed by atoms with Crippen molar-refractivity contribution in [1.29, 1.82) is 0 Å². The molecule has 1 saturated heterocycles. The molecule has 9 heteroatoms. The Morgan fingerprint density at radius 1 is 1.07 bits per heavy atom. The fourth-order valence-electron chi connectivity index (χ4n) is 3.23. The van der Waals surface area contributed by atoms with E-state index in [4.69, 9.17) is 21.1 Å². The molecule has 1 fully saturated rings. The Balaban J connectivity index is 1.83. The molecule has 1 aliphatic heterocycles. The lowest BCUT2D eigenvalue weighted by atomic mass is 10.1. The third kappa shape index (κ3) is 4.66. The molecular weight excluding hydrogens is 430 g/mol. The van der Waals surface area contributed by atoms with E-state index in [0.717, 1.165) is 12.8 Å². The number of nitrogens with zero attached hydrogens (tertiary/aromatic N) is 1. The molecule has 1 aliphatic rings. The fraction of sp³-hybridized carbons (Fsp3) is 0.333. The maximum atomic E-state index is 13.0. The van der Waals surface area contributed by atoms with E-state index in [0.29, 0.717) is 23.7 Å². The summed E-state index contributed by atoms with van der Waals surface area (Å²) in [5.74, 6) is -1.08. The predicted molar refractivity (Wildman–Crippen MR) is 112 cm³/mol. The average Bonchev–Trinajstić information content (AvgIpc) is 3.28. The van der Waals surface area contributed by atoms with Crippen LogP contribution in [0.15, 0.2) is 47.4 Å². The van der Waals surface area contributed by atoms with Gasteiger partial charge in [0.25, 0.3) is 0 Å². The molecule has 0 unspecified atom stereocenters. The SMILES string of the molecule is COc1ccc(C(=O)O[C@@H](C)C(=O)c2cccc(Cl)c2)cc1S(=O)(=O)N1CCCC1. The zero-order valence-electron chi connectivity index (χ0n) is 16.6. The lowest BCUT2D eigenvalue weighted by molar-refractivity contribution is 0.0318. The number of Topliss-reactive ketones (excluding diaryl/α,β-unsaturated/α-hetero) is 1. The zero-order chi connectivity index (χ0) is 21.9. The molecule has 0 radical (unpaired) electrons. The number of benzene rings is 2. The van der Waals surface area contributed by atoms with Gasteiger partial charge in [-0.2, -0.15) is 4.31 Å². The summed E-state index contributed by atoms with van der Waals surface area (Å²) in [6, 6.07) is 10.4. The van der Waals surface area contributed by atoms with E-state index >= 15 is 0 Å². The van der Waals surface area contributed by atoms with Gasteiger partial charge in [-0.3, -0.25) is 4.79 Å². The molecule has 1 heterocycles. The van der Waals surface area contributed by atoms with Crippen LogP contribution in [0.1, 0.15) is 40.5 Å². The van der Waals surface area contributed by atoms with Crippen LogP contribution < -0.4 is 4.74 Å². The number of hydrogen-bond donors (Lipinski definition) is 0. The molecule has 0 saturated carbocycles. The summed E-state index contributed by atoms with van der Waals surface area (Å²) >= 11 is 5.91. The standard InChI is InChI=1S/C21H22ClNO6S/c1-14(20(24)15-6-5-7-17(22)12-15)29-21(25)16-8-9-18(28-2)19(13-16)30(26,27)23-10-3-4-11-23/h5-9,12-14H,3-4,10-11H2,1-2H3/t14-/m0/s1. The maximum absolute atomic E-state index is 13.0. The number of carbonyl (C=O) groups is 2. The van der Waals surface area contributed by atoms with Crippen molar-refractivity contribution in [2.75, 3.05) is 20.2 Å². The lowest BCUT2D eigenvalue weighted by Crippen LogP contribution is -2.28. The fourth-order valence-corrected chi connectivity index (χ4v) is 5.12. The molecule has 2 aromatic rings. The first-order valence-corrected chi connectivity index (χ1v) is 11.2. The van der Waals surface area contributed by atoms with Crippen LogP contribution in [0.3, 0.4) is 0 Å². The number of halogens is 1. The van der Waals surface area contributed by atoms with Gasteiger partial charge in [-0.05, 0) is 50.1 Å². The van der Waals surface area contributed by atoms with E-state index in [2.05, 4.69) is 0 Å². The van der Waals surface area contributed by atoms with E-state index < -0.39 is 27.9 Å². The van der Waals surface area contributed by atoms with E-state index in [9.17, 15) is 18.0 Å². The number of esters is 1. The lowest BCUT2D eigenvalue weighted by Gasteiger charge is -2.18. The minimum absolute atomic E-state index is 0.0133. The van der Waals surface area contributed by atoms with Crippen molar-refractivity contribution in [3.05, 3.63) is 58.6 Å². The monoisotopic (exact) mass is 451 g/mol. The molecule has 7 nitrogen and oxygen atoms in total. The molecule has 2 aromatic carbocycles. The van der Waals surface area contributed by atoms with E-state index in [1.54, 1.807) is 18.2 Å². The van der Waals surface area contributed by atoms with Gasteiger partial charge in [0.15, 0.2) is 6.10 Å². The minimum Gasteiger partial charge on any atom is -0.495 e. The summed E-state index contributed by atoms with van der Waals surface area (Å²) in [5.41, 5.74) is 0.328. The second kappa shape index (κ2) is 9.16. The second-order valence-corrected chi connectivity index (χ2v) is 9.24. The highest BCUT2D eigenvalue weighted by molar-refractivity contribution is 7.89. The van der Waals surface area contributed by atoms with Crippen LogP contribution in [0, 0.1) is 0 Å². The van der Waals surface area contributed by atoms with E-state index in [1.807, 2.05) is 0 Å². The summed E-state index contributed by atoms with van der Waals surface area (Å²) in [5, 5.41) is 0.395. The Kier molecular flexibility index (Phi) is 6.80. The third-order valence-electron chi connectivity index (χ3n) is 4.84. The highest BCUT2D eigenvalue weighted by Gasteiger charge is 2.31. The molecule has 0 amide bonds. The normalized spacial score (nSPS) is 15.6. The molecule has 0 spiro atoms. The quantitative estimate of drug-likeness (QED) is 0.472. The van der Waals surface area contributed by atoms with Gasteiger partial charge < -0.3 is 9.47 Å². The Morgan fingerprint density at radius 2 is 1.77 bits per heavy atom. The third-order valence-corrected chi connectivity index (χ3v) is 7.00. The van der Waals surface area contributed by atoms with Crippen molar-refractivity contribution in [3.63, 3.8) is 0 Å². The van der Waals surface area contributed by atoms with Gasteiger partial charge >= 0.3 is 5.97 Å². The van der Waals surface area contributed by atoms with Gasteiger partial charge in [0.2, 0.25) is 15.8 Å². The van der Waals surface area contributed by atoms with Gasteiger partial charge in [0.1, 0.15) is 10.6 Å². The molecule has 3 rings (SSSR count). The smallest absolute Gasteiger partial charge is 0.338 e. The number of carbonyl (C=O) groups excluding carboxylic acids is 2.